The number of aryl methyl sites for hydroxylation is 2. The minimum absolute atomic E-state index is 0.0175. The summed E-state index contributed by atoms with van der Waals surface area (Å²) in [5.41, 5.74) is 1.85. The first-order valence-electron chi connectivity index (χ1n) is 11.4. The number of rotatable bonds is 9. The number of hydrogen-bond acceptors (Lipinski definition) is 5. The maximum absolute atomic E-state index is 11.1. The van der Waals surface area contributed by atoms with Crippen LogP contribution in [0.4, 0.5) is 0 Å². The van der Waals surface area contributed by atoms with Crippen molar-refractivity contribution in [1.82, 2.24) is 19.9 Å². The van der Waals surface area contributed by atoms with Crippen molar-refractivity contribution in [3.8, 4) is 5.88 Å². The van der Waals surface area contributed by atoms with E-state index in [1.807, 2.05) is 19.1 Å². The number of aromatic nitrogens is 3. The highest BCUT2D eigenvalue weighted by Crippen LogP contribution is 2.33. The molecule has 0 aromatic carbocycles. The summed E-state index contributed by atoms with van der Waals surface area (Å²) in [7, 11) is 2.05. The van der Waals surface area contributed by atoms with Gasteiger partial charge in [0.25, 0.3) is 0 Å². The Labute approximate surface area is 178 Å². The van der Waals surface area contributed by atoms with E-state index in [2.05, 4.69) is 16.9 Å². The van der Waals surface area contributed by atoms with Crippen LogP contribution in [0.15, 0.2) is 12.1 Å². The second kappa shape index (κ2) is 9.33. The molecule has 0 unspecified atom stereocenters. The molecule has 1 atom stereocenters. The van der Waals surface area contributed by atoms with Gasteiger partial charge in [-0.3, -0.25) is 4.79 Å². The van der Waals surface area contributed by atoms with Gasteiger partial charge in [0.15, 0.2) is 5.65 Å². The number of pyridine rings is 1. The summed E-state index contributed by atoms with van der Waals surface area (Å²) in [6, 6.07) is 4.01. The summed E-state index contributed by atoms with van der Waals surface area (Å²) in [4.78, 5) is 20.6. The first kappa shape index (κ1) is 21.1. The Morgan fingerprint density at radius 3 is 2.60 bits per heavy atom. The number of carbonyl (C=O) groups excluding carboxylic acids is 1. The quantitative estimate of drug-likeness (QED) is 0.679. The molecule has 7 heteroatoms. The molecule has 2 aliphatic rings. The number of hydrogen-bond donors (Lipinski definition) is 1. The Balaban J connectivity index is 1.27. The molecule has 0 aliphatic heterocycles. The SMILES string of the molecule is CC(=O)N[C@@H](C)COC1CCC(Oc2ccc3nc(CCC4CC4)n(C)c3n2)CC1. The topological polar surface area (TPSA) is 78.3 Å². The van der Waals surface area contributed by atoms with E-state index in [9.17, 15) is 4.79 Å². The fraction of sp³-hybridized carbons (Fsp3) is 0.696. The van der Waals surface area contributed by atoms with E-state index in [0.717, 1.165) is 55.0 Å². The van der Waals surface area contributed by atoms with E-state index < -0.39 is 0 Å². The minimum Gasteiger partial charge on any atom is -0.474 e. The molecule has 0 radical (unpaired) electrons. The molecular weight excluding hydrogens is 380 g/mol. The van der Waals surface area contributed by atoms with Crippen LogP contribution in [0.3, 0.4) is 0 Å². The van der Waals surface area contributed by atoms with Crippen LogP contribution in [0.5, 0.6) is 5.88 Å². The molecule has 1 N–H and O–H groups in total. The molecule has 30 heavy (non-hydrogen) atoms. The van der Waals surface area contributed by atoms with Crippen molar-refractivity contribution in [2.75, 3.05) is 6.61 Å². The molecule has 2 heterocycles. The molecule has 164 valence electrons. The lowest BCUT2D eigenvalue weighted by molar-refractivity contribution is -0.120. The molecule has 0 saturated heterocycles. The van der Waals surface area contributed by atoms with Gasteiger partial charge in [-0.2, -0.15) is 4.98 Å². The van der Waals surface area contributed by atoms with Crippen LogP contribution in [0.25, 0.3) is 11.2 Å². The smallest absolute Gasteiger partial charge is 0.217 e. The third kappa shape index (κ3) is 5.50. The number of amides is 1. The monoisotopic (exact) mass is 414 g/mol. The molecule has 2 aliphatic carbocycles. The Kier molecular flexibility index (Phi) is 6.56. The van der Waals surface area contributed by atoms with Crippen molar-refractivity contribution in [3.63, 3.8) is 0 Å². The lowest BCUT2D eigenvalue weighted by atomic mass is 9.95. The highest BCUT2D eigenvalue weighted by atomic mass is 16.5. The van der Waals surface area contributed by atoms with E-state index >= 15 is 0 Å². The average Bonchev–Trinajstić information content (AvgIpc) is 3.50. The van der Waals surface area contributed by atoms with Gasteiger partial charge in [-0.15, -0.1) is 0 Å². The molecular formula is C23H34N4O3. The molecule has 4 rings (SSSR count). The molecule has 2 saturated carbocycles. The molecule has 1 amide bonds. The second-order valence-corrected chi connectivity index (χ2v) is 9.01. The number of fused-ring (bicyclic) bond motifs is 1. The number of imidazole rings is 1. The maximum atomic E-state index is 11.1. The molecule has 0 spiro atoms. The van der Waals surface area contributed by atoms with Crippen molar-refractivity contribution in [2.24, 2.45) is 13.0 Å². The molecule has 2 aromatic rings. The fourth-order valence-corrected chi connectivity index (χ4v) is 4.28. The van der Waals surface area contributed by atoms with E-state index in [-0.39, 0.29) is 24.2 Å². The third-order valence-electron chi connectivity index (χ3n) is 6.20. The predicted octanol–water partition coefficient (Wildman–Crippen LogP) is 3.54. The molecule has 0 bridgehead atoms. The van der Waals surface area contributed by atoms with Gasteiger partial charge >= 0.3 is 0 Å². The van der Waals surface area contributed by atoms with Gasteiger partial charge in [-0.1, -0.05) is 12.8 Å². The Hall–Kier alpha value is -2.15. The van der Waals surface area contributed by atoms with Crippen LogP contribution >= 0.6 is 0 Å². The zero-order chi connectivity index (χ0) is 21.1. The van der Waals surface area contributed by atoms with Crippen molar-refractivity contribution in [3.05, 3.63) is 18.0 Å². The van der Waals surface area contributed by atoms with Crippen LogP contribution in [-0.2, 0) is 23.0 Å². The van der Waals surface area contributed by atoms with Gasteiger partial charge < -0.3 is 19.4 Å². The summed E-state index contributed by atoms with van der Waals surface area (Å²) in [6.07, 6.45) is 9.27. The van der Waals surface area contributed by atoms with E-state index in [1.54, 1.807) is 0 Å². The van der Waals surface area contributed by atoms with Crippen molar-refractivity contribution in [2.45, 2.75) is 83.5 Å². The fourth-order valence-electron chi connectivity index (χ4n) is 4.28. The Bertz CT molecular complexity index is 869. The zero-order valence-corrected chi connectivity index (χ0v) is 18.4. The van der Waals surface area contributed by atoms with E-state index in [1.165, 1.54) is 26.2 Å². The standard InChI is InChI=1S/C23H34N4O3/c1-15(24-16(2)28)14-29-18-7-9-19(10-8-18)30-22-13-11-20-23(26-22)27(3)21(25-20)12-6-17-4-5-17/h11,13,15,17-19H,4-10,12,14H2,1-3H3,(H,24,28)/t15-,18?,19?/m0/s1. The van der Waals surface area contributed by atoms with E-state index in [4.69, 9.17) is 19.4 Å². The van der Waals surface area contributed by atoms with Gasteiger partial charge in [0.1, 0.15) is 17.4 Å². The first-order chi connectivity index (χ1) is 14.5. The summed E-state index contributed by atoms with van der Waals surface area (Å²) >= 11 is 0. The zero-order valence-electron chi connectivity index (χ0n) is 18.4. The molecule has 2 fully saturated rings. The van der Waals surface area contributed by atoms with Gasteiger partial charge in [0.2, 0.25) is 11.8 Å². The highest BCUT2D eigenvalue weighted by molar-refractivity contribution is 5.73. The van der Waals surface area contributed by atoms with Crippen LogP contribution in [0, 0.1) is 5.92 Å². The van der Waals surface area contributed by atoms with Crippen LogP contribution < -0.4 is 10.1 Å². The maximum Gasteiger partial charge on any atom is 0.217 e. The Morgan fingerprint density at radius 2 is 1.90 bits per heavy atom. The summed E-state index contributed by atoms with van der Waals surface area (Å²) in [5.74, 6) is 2.69. The Morgan fingerprint density at radius 1 is 1.17 bits per heavy atom. The predicted molar refractivity (Wildman–Crippen MR) is 115 cm³/mol. The average molecular weight is 415 g/mol. The van der Waals surface area contributed by atoms with Crippen molar-refractivity contribution in [1.29, 1.82) is 0 Å². The minimum atomic E-state index is -0.0175. The first-order valence-corrected chi connectivity index (χ1v) is 11.4. The number of ether oxygens (including phenoxy) is 2. The lowest BCUT2D eigenvalue weighted by Gasteiger charge is -2.29. The second-order valence-electron chi connectivity index (χ2n) is 9.01. The summed E-state index contributed by atoms with van der Waals surface area (Å²) in [5, 5.41) is 2.86. The third-order valence-corrected chi connectivity index (χ3v) is 6.20. The molecule has 7 nitrogen and oxygen atoms in total. The van der Waals surface area contributed by atoms with Crippen LogP contribution in [0.1, 0.15) is 64.6 Å². The number of nitrogens with zero attached hydrogens (tertiary/aromatic N) is 3. The number of nitrogens with one attached hydrogen (secondary N) is 1. The van der Waals surface area contributed by atoms with Gasteiger partial charge in [0, 0.05) is 32.5 Å². The normalized spacial score (nSPS) is 22.8. The number of carbonyl (C=O) groups is 1. The van der Waals surface area contributed by atoms with Crippen molar-refractivity contribution < 1.29 is 14.3 Å². The van der Waals surface area contributed by atoms with Crippen molar-refractivity contribution >= 4 is 17.1 Å². The van der Waals surface area contributed by atoms with Gasteiger partial charge in [-0.25, -0.2) is 4.98 Å². The summed E-state index contributed by atoms with van der Waals surface area (Å²) in [6.45, 7) is 4.05. The highest BCUT2D eigenvalue weighted by Gasteiger charge is 2.25. The van der Waals surface area contributed by atoms with Crippen LogP contribution in [0.2, 0.25) is 0 Å². The van der Waals surface area contributed by atoms with Gasteiger partial charge in [0.05, 0.1) is 12.7 Å². The van der Waals surface area contributed by atoms with Gasteiger partial charge in [-0.05, 0) is 51.0 Å². The lowest BCUT2D eigenvalue weighted by Crippen LogP contribution is -2.36. The molecule has 2 aromatic heterocycles. The van der Waals surface area contributed by atoms with E-state index in [0.29, 0.717) is 12.5 Å². The van der Waals surface area contributed by atoms with Crippen LogP contribution in [-0.4, -0.2) is 45.3 Å². The largest absolute Gasteiger partial charge is 0.474 e. The summed E-state index contributed by atoms with van der Waals surface area (Å²) < 4.78 is 14.3.